The smallest absolute Gasteiger partial charge is 0.387 e. The van der Waals surface area contributed by atoms with E-state index in [9.17, 15) is 13.6 Å². The number of alkyl halides is 2. The van der Waals surface area contributed by atoms with Gasteiger partial charge in [0, 0.05) is 6.08 Å². The normalized spacial score (nSPS) is 11.3. The number of hydrogen-bond acceptors (Lipinski definition) is 5. The number of hydrogen-bond donors (Lipinski definition) is 0. The van der Waals surface area contributed by atoms with Crippen LogP contribution in [0.3, 0.4) is 0 Å². The lowest BCUT2D eigenvalue weighted by molar-refractivity contribution is -0.138. The van der Waals surface area contributed by atoms with Crippen molar-refractivity contribution in [3.8, 4) is 5.75 Å². The van der Waals surface area contributed by atoms with Gasteiger partial charge in [-0.1, -0.05) is 24.3 Å². The molecule has 0 atom stereocenters. The van der Waals surface area contributed by atoms with Gasteiger partial charge in [0.15, 0.2) is 0 Å². The summed E-state index contributed by atoms with van der Waals surface area (Å²) >= 11 is 1.48. The molecule has 1 aromatic heterocycles. The van der Waals surface area contributed by atoms with Crippen molar-refractivity contribution in [1.29, 1.82) is 0 Å². The lowest BCUT2D eigenvalue weighted by atomic mass is 10.2. The molecule has 128 valence electrons. The minimum absolute atomic E-state index is 0.0397. The van der Waals surface area contributed by atoms with Gasteiger partial charge in [-0.3, -0.25) is 0 Å². The highest BCUT2D eigenvalue weighted by Crippen LogP contribution is 2.22. The Morgan fingerprint density at radius 3 is 2.64 bits per heavy atom. The third-order valence-electron chi connectivity index (χ3n) is 3.20. The second-order valence-electron chi connectivity index (χ2n) is 4.98. The van der Waals surface area contributed by atoms with E-state index < -0.39 is 12.6 Å². The number of ether oxygens (including phenoxy) is 2. The van der Waals surface area contributed by atoms with E-state index in [0.29, 0.717) is 10.6 Å². The number of benzene rings is 2. The molecule has 3 aromatic rings. The number of fused-ring (bicyclic) bond motifs is 1. The molecule has 4 nitrogen and oxygen atoms in total. The molecule has 0 aliphatic rings. The lowest BCUT2D eigenvalue weighted by Gasteiger charge is -2.06. The molecule has 0 saturated heterocycles. The van der Waals surface area contributed by atoms with E-state index in [-0.39, 0.29) is 12.4 Å². The second kappa shape index (κ2) is 7.85. The Hall–Kier alpha value is -2.80. The van der Waals surface area contributed by atoms with Gasteiger partial charge in [0.1, 0.15) is 17.4 Å². The summed E-state index contributed by atoms with van der Waals surface area (Å²) in [7, 11) is 0. The van der Waals surface area contributed by atoms with E-state index in [1.54, 1.807) is 18.2 Å². The fraction of sp³-hybridized carbons (Fsp3) is 0.111. The Kier molecular flexibility index (Phi) is 5.35. The topological polar surface area (TPSA) is 48.4 Å². The van der Waals surface area contributed by atoms with E-state index in [1.165, 1.54) is 29.5 Å². The van der Waals surface area contributed by atoms with E-state index in [4.69, 9.17) is 4.74 Å². The molecular weight excluding hydrogens is 348 g/mol. The molecule has 0 aliphatic heterocycles. The second-order valence-corrected chi connectivity index (χ2v) is 6.05. The Morgan fingerprint density at radius 1 is 1.16 bits per heavy atom. The first kappa shape index (κ1) is 17.0. The molecule has 0 N–H and O–H groups in total. The predicted octanol–water partition coefficient (Wildman–Crippen LogP) is 4.65. The molecule has 0 bridgehead atoms. The molecule has 0 amide bonds. The first-order valence-electron chi connectivity index (χ1n) is 7.34. The van der Waals surface area contributed by atoms with Crippen LogP contribution in [0, 0.1) is 0 Å². The molecule has 0 radical (unpaired) electrons. The predicted molar refractivity (Wildman–Crippen MR) is 91.5 cm³/mol. The van der Waals surface area contributed by atoms with E-state index in [1.807, 2.05) is 24.3 Å². The maximum Gasteiger partial charge on any atom is 0.387 e. The van der Waals surface area contributed by atoms with Crippen molar-refractivity contribution in [2.45, 2.75) is 13.2 Å². The highest BCUT2D eigenvalue weighted by Gasteiger charge is 2.05. The molecule has 7 heteroatoms. The van der Waals surface area contributed by atoms with Crippen LogP contribution in [0.15, 0.2) is 54.6 Å². The molecule has 1 heterocycles. The summed E-state index contributed by atoms with van der Waals surface area (Å²) in [5.74, 6) is -0.451. The summed E-state index contributed by atoms with van der Waals surface area (Å²) in [4.78, 5) is 16.1. The average molecular weight is 361 g/mol. The van der Waals surface area contributed by atoms with Gasteiger partial charge in [0.05, 0.1) is 10.2 Å². The maximum absolute atomic E-state index is 12.1. The fourth-order valence-corrected chi connectivity index (χ4v) is 2.94. The van der Waals surface area contributed by atoms with Crippen LogP contribution in [0.5, 0.6) is 5.75 Å². The van der Waals surface area contributed by atoms with Gasteiger partial charge >= 0.3 is 12.6 Å². The number of thiazole rings is 1. The van der Waals surface area contributed by atoms with Crippen LogP contribution in [0.4, 0.5) is 8.78 Å². The molecule has 0 spiro atoms. The van der Waals surface area contributed by atoms with Crippen molar-refractivity contribution in [2.75, 3.05) is 0 Å². The largest absolute Gasteiger partial charge is 0.458 e. The summed E-state index contributed by atoms with van der Waals surface area (Å²) in [5.41, 5.74) is 1.55. The van der Waals surface area contributed by atoms with E-state index in [0.717, 1.165) is 10.2 Å². The summed E-state index contributed by atoms with van der Waals surface area (Å²) in [6.07, 6.45) is 2.92. The van der Waals surface area contributed by atoms with Crippen LogP contribution in [0.2, 0.25) is 0 Å². The minimum atomic E-state index is -2.86. The van der Waals surface area contributed by atoms with Crippen molar-refractivity contribution in [3.63, 3.8) is 0 Å². The van der Waals surface area contributed by atoms with Crippen molar-refractivity contribution in [2.24, 2.45) is 0 Å². The minimum Gasteiger partial charge on any atom is -0.458 e. The molecule has 0 saturated carbocycles. The Bertz CT molecular complexity index is 858. The fourth-order valence-electron chi connectivity index (χ4n) is 2.07. The van der Waals surface area contributed by atoms with E-state index >= 15 is 0 Å². The lowest BCUT2D eigenvalue weighted by Crippen LogP contribution is -2.03. The molecule has 2 aromatic carbocycles. The summed E-state index contributed by atoms with van der Waals surface area (Å²) in [6, 6.07) is 13.6. The van der Waals surface area contributed by atoms with Gasteiger partial charge in [0.25, 0.3) is 0 Å². The molecule has 0 aliphatic carbocycles. The third kappa shape index (κ3) is 4.84. The third-order valence-corrected chi connectivity index (χ3v) is 4.20. The first-order chi connectivity index (χ1) is 12.1. The van der Waals surface area contributed by atoms with Crippen molar-refractivity contribution >= 4 is 33.6 Å². The monoisotopic (exact) mass is 361 g/mol. The standard InChI is InChI=1S/C18H13F2NO3S/c19-18(20)24-13-7-5-12(6-8-13)11-23-17(22)10-9-16-21-14-3-1-2-4-15(14)25-16/h1-10,18H,11H2/b10-9+. The van der Waals surface area contributed by atoms with Crippen LogP contribution in [-0.4, -0.2) is 17.6 Å². The Morgan fingerprint density at radius 2 is 1.92 bits per heavy atom. The summed E-state index contributed by atoms with van der Waals surface area (Å²) < 4.78 is 34.5. The zero-order valence-electron chi connectivity index (χ0n) is 12.9. The molecule has 0 unspecified atom stereocenters. The molecule has 0 fully saturated rings. The van der Waals surface area contributed by atoms with Gasteiger partial charge in [0.2, 0.25) is 0 Å². The highest BCUT2D eigenvalue weighted by molar-refractivity contribution is 7.19. The van der Waals surface area contributed by atoms with Crippen molar-refractivity contribution in [1.82, 2.24) is 4.98 Å². The molecular formula is C18H13F2NO3S. The number of esters is 1. The van der Waals surface area contributed by atoms with Gasteiger partial charge in [-0.25, -0.2) is 9.78 Å². The van der Waals surface area contributed by atoms with Crippen LogP contribution in [0.1, 0.15) is 10.6 Å². The number of halogens is 2. The van der Waals surface area contributed by atoms with E-state index in [2.05, 4.69) is 9.72 Å². The van der Waals surface area contributed by atoms with Crippen LogP contribution in [-0.2, 0) is 16.1 Å². The van der Waals surface area contributed by atoms with Crippen LogP contribution < -0.4 is 4.74 Å². The number of aromatic nitrogens is 1. The zero-order valence-corrected chi connectivity index (χ0v) is 13.7. The van der Waals surface area contributed by atoms with Crippen LogP contribution in [0.25, 0.3) is 16.3 Å². The maximum atomic E-state index is 12.1. The Balaban J connectivity index is 1.53. The number of para-hydroxylation sites is 1. The summed E-state index contributed by atoms with van der Waals surface area (Å²) in [6.45, 7) is -2.82. The SMILES string of the molecule is O=C(/C=C/c1nc2ccccc2s1)OCc1ccc(OC(F)F)cc1. The average Bonchev–Trinajstić information content (AvgIpc) is 3.02. The van der Waals surface area contributed by atoms with Crippen LogP contribution >= 0.6 is 11.3 Å². The van der Waals surface area contributed by atoms with Crippen molar-refractivity contribution in [3.05, 3.63) is 65.2 Å². The number of rotatable bonds is 6. The Labute approximate surface area is 146 Å². The molecule has 3 rings (SSSR count). The van der Waals surface area contributed by atoms with Gasteiger partial charge in [-0.15, -0.1) is 11.3 Å². The van der Waals surface area contributed by atoms with Gasteiger partial charge in [-0.2, -0.15) is 8.78 Å². The molecule has 25 heavy (non-hydrogen) atoms. The first-order valence-corrected chi connectivity index (χ1v) is 8.16. The number of carbonyl (C=O) groups excluding carboxylic acids is 1. The summed E-state index contributed by atoms with van der Waals surface area (Å²) in [5, 5.41) is 0.714. The van der Waals surface area contributed by atoms with Gasteiger partial charge in [-0.05, 0) is 35.9 Å². The zero-order chi connectivity index (χ0) is 17.6. The highest BCUT2D eigenvalue weighted by atomic mass is 32.1. The quantitative estimate of drug-likeness (QED) is 0.473. The number of carbonyl (C=O) groups is 1. The van der Waals surface area contributed by atoms with Gasteiger partial charge < -0.3 is 9.47 Å². The van der Waals surface area contributed by atoms with Crippen molar-refractivity contribution < 1.29 is 23.0 Å². The number of nitrogens with zero attached hydrogens (tertiary/aromatic N) is 1.